The molecule has 0 spiro atoms. The van der Waals surface area contributed by atoms with Crippen LogP contribution in [-0.4, -0.2) is 27.8 Å². The first-order valence-electron chi connectivity index (χ1n) is 7.10. The van der Waals surface area contributed by atoms with Gasteiger partial charge in [0.1, 0.15) is 0 Å². The van der Waals surface area contributed by atoms with E-state index in [1.54, 1.807) is 24.3 Å². The van der Waals surface area contributed by atoms with Gasteiger partial charge in [0.15, 0.2) is 0 Å². The van der Waals surface area contributed by atoms with Crippen LogP contribution in [0.2, 0.25) is 0 Å². The zero-order valence-electron chi connectivity index (χ0n) is 11.4. The molecule has 4 nitrogen and oxygen atoms in total. The highest BCUT2D eigenvalue weighted by Gasteiger charge is 2.37. The quantitative estimate of drug-likeness (QED) is 0.816. The molecule has 0 aromatic heterocycles. The van der Waals surface area contributed by atoms with Crippen LogP contribution in [0.1, 0.15) is 43.6 Å². The Bertz CT molecular complexity index is 494. The number of rotatable bonds is 5. The van der Waals surface area contributed by atoms with Crippen LogP contribution in [0.25, 0.3) is 0 Å². The Morgan fingerprint density at radius 3 is 2.35 bits per heavy atom. The lowest BCUT2D eigenvalue weighted by Gasteiger charge is -2.28. The number of hydrogen-bond acceptors (Lipinski definition) is 2. The fourth-order valence-electron chi connectivity index (χ4n) is 2.91. The van der Waals surface area contributed by atoms with Crippen molar-refractivity contribution in [2.24, 2.45) is 0 Å². The van der Waals surface area contributed by atoms with Gasteiger partial charge in [0, 0.05) is 11.8 Å². The molecule has 2 rings (SSSR count). The van der Waals surface area contributed by atoms with E-state index in [1.165, 1.54) is 0 Å². The summed E-state index contributed by atoms with van der Waals surface area (Å²) in [5, 5.41) is 9.36. The number of carboxylic acid groups (broad SMARTS) is 1. The predicted octanol–water partition coefficient (Wildman–Crippen LogP) is 3.46. The van der Waals surface area contributed by atoms with E-state index in [1.807, 2.05) is 6.07 Å². The van der Waals surface area contributed by atoms with Crippen molar-refractivity contribution in [1.29, 1.82) is 0 Å². The van der Waals surface area contributed by atoms with E-state index >= 15 is 0 Å². The van der Waals surface area contributed by atoms with Gasteiger partial charge in [-0.3, -0.25) is 9.36 Å². The van der Waals surface area contributed by atoms with Crippen molar-refractivity contribution in [3.63, 3.8) is 0 Å². The van der Waals surface area contributed by atoms with Crippen LogP contribution in [0.3, 0.4) is 0 Å². The molecular weight excluding hydrogens is 275 g/mol. The van der Waals surface area contributed by atoms with Crippen molar-refractivity contribution in [1.82, 2.24) is 0 Å². The zero-order valence-corrected chi connectivity index (χ0v) is 12.3. The average Bonchev–Trinajstić information content (AvgIpc) is 2.46. The zero-order chi connectivity index (χ0) is 14.6. The summed E-state index contributed by atoms with van der Waals surface area (Å²) in [5.41, 5.74) is 0.381. The lowest BCUT2D eigenvalue weighted by Crippen LogP contribution is -2.21. The highest BCUT2D eigenvalue weighted by atomic mass is 31.2. The first kappa shape index (κ1) is 15.3. The normalized spacial score (nSPS) is 21.1. The standard InChI is InChI=1S/C15H21O4P/c16-15(17)14(12-7-3-1-4-8-12)11-20(18,19)13-9-5-2-6-10-13/h1,3-4,7-8,13-14H,2,5-6,9-11H2,(H,16,17)(H,18,19). The fourth-order valence-corrected chi connectivity index (χ4v) is 5.27. The molecule has 5 heteroatoms. The van der Waals surface area contributed by atoms with Crippen LogP contribution >= 0.6 is 7.37 Å². The molecule has 1 aliphatic rings. The Hall–Kier alpha value is -1.12. The molecule has 0 radical (unpaired) electrons. The average molecular weight is 296 g/mol. The van der Waals surface area contributed by atoms with Crippen molar-refractivity contribution >= 4 is 13.3 Å². The van der Waals surface area contributed by atoms with Gasteiger partial charge in [-0.1, -0.05) is 49.6 Å². The van der Waals surface area contributed by atoms with Crippen LogP contribution in [0.15, 0.2) is 30.3 Å². The smallest absolute Gasteiger partial charge is 0.311 e. The maximum atomic E-state index is 12.5. The fraction of sp³-hybridized carbons (Fsp3) is 0.533. The molecule has 1 saturated carbocycles. The van der Waals surface area contributed by atoms with Crippen LogP contribution in [0, 0.1) is 0 Å². The lowest BCUT2D eigenvalue weighted by atomic mass is 10.0. The van der Waals surface area contributed by atoms with E-state index in [0.29, 0.717) is 5.56 Å². The molecule has 2 atom stereocenters. The maximum absolute atomic E-state index is 12.5. The lowest BCUT2D eigenvalue weighted by molar-refractivity contribution is -0.138. The Balaban J connectivity index is 2.15. The first-order chi connectivity index (χ1) is 9.50. The molecule has 1 aromatic carbocycles. The molecule has 2 N–H and O–H groups in total. The topological polar surface area (TPSA) is 74.6 Å². The van der Waals surface area contributed by atoms with Crippen molar-refractivity contribution in [2.45, 2.75) is 43.7 Å². The number of hydrogen-bond donors (Lipinski definition) is 2. The van der Waals surface area contributed by atoms with E-state index in [0.717, 1.165) is 32.1 Å². The molecule has 0 heterocycles. The Kier molecular flexibility index (Phi) is 5.00. The molecule has 2 unspecified atom stereocenters. The molecule has 1 aliphatic carbocycles. The van der Waals surface area contributed by atoms with Gasteiger partial charge in [-0.05, 0) is 18.4 Å². The van der Waals surface area contributed by atoms with Crippen LogP contribution in [0.5, 0.6) is 0 Å². The second-order valence-electron chi connectivity index (χ2n) is 5.53. The van der Waals surface area contributed by atoms with Crippen LogP contribution in [-0.2, 0) is 9.36 Å². The summed E-state index contributed by atoms with van der Waals surface area (Å²) in [5.74, 6) is -1.92. The van der Waals surface area contributed by atoms with Gasteiger partial charge in [-0.2, -0.15) is 0 Å². The van der Waals surface area contributed by atoms with Crippen molar-refractivity contribution in [2.75, 3.05) is 6.16 Å². The Labute approximate surface area is 119 Å². The van der Waals surface area contributed by atoms with Crippen molar-refractivity contribution in [3.8, 4) is 0 Å². The summed E-state index contributed by atoms with van der Waals surface area (Å²) >= 11 is 0. The molecule has 0 amide bonds. The summed E-state index contributed by atoms with van der Waals surface area (Å²) in [6.07, 6.45) is 4.38. The molecule has 20 heavy (non-hydrogen) atoms. The van der Waals surface area contributed by atoms with E-state index in [9.17, 15) is 19.4 Å². The summed E-state index contributed by atoms with van der Waals surface area (Å²) in [6.45, 7) is 0. The molecule has 0 aliphatic heterocycles. The van der Waals surface area contributed by atoms with Gasteiger partial charge in [-0.15, -0.1) is 0 Å². The minimum absolute atomic E-state index is 0.156. The summed E-state index contributed by atoms with van der Waals surface area (Å²) in [7, 11) is -3.42. The number of carbonyl (C=O) groups is 1. The Morgan fingerprint density at radius 2 is 1.80 bits per heavy atom. The monoisotopic (exact) mass is 296 g/mol. The van der Waals surface area contributed by atoms with Gasteiger partial charge in [-0.25, -0.2) is 0 Å². The number of benzene rings is 1. The third-order valence-corrected chi connectivity index (χ3v) is 6.64. The molecule has 1 aromatic rings. The third kappa shape index (κ3) is 3.71. The second kappa shape index (κ2) is 6.55. The highest BCUT2D eigenvalue weighted by Crippen LogP contribution is 2.54. The van der Waals surface area contributed by atoms with Crippen LogP contribution < -0.4 is 0 Å². The van der Waals surface area contributed by atoms with Gasteiger partial charge < -0.3 is 10.00 Å². The molecular formula is C15H21O4P. The predicted molar refractivity (Wildman–Crippen MR) is 78.4 cm³/mol. The van der Waals surface area contributed by atoms with E-state index in [4.69, 9.17) is 0 Å². The minimum atomic E-state index is -3.42. The SMILES string of the molecule is O=C(O)C(CP(=O)(O)C1CCCCC1)c1ccccc1. The number of aliphatic carboxylic acids is 1. The van der Waals surface area contributed by atoms with Crippen molar-refractivity contribution < 1.29 is 19.4 Å². The largest absolute Gasteiger partial charge is 0.481 e. The minimum Gasteiger partial charge on any atom is -0.481 e. The third-order valence-electron chi connectivity index (χ3n) is 4.09. The van der Waals surface area contributed by atoms with Gasteiger partial charge in [0.05, 0.1) is 5.92 Å². The second-order valence-corrected chi connectivity index (χ2v) is 8.14. The van der Waals surface area contributed by atoms with Gasteiger partial charge in [0.2, 0.25) is 7.37 Å². The van der Waals surface area contributed by atoms with Crippen molar-refractivity contribution in [3.05, 3.63) is 35.9 Å². The number of carboxylic acids is 1. The highest BCUT2D eigenvalue weighted by molar-refractivity contribution is 7.58. The molecule has 110 valence electrons. The first-order valence-corrected chi connectivity index (χ1v) is 9.01. The molecule has 0 bridgehead atoms. The van der Waals surface area contributed by atoms with E-state index in [2.05, 4.69) is 0 Å². The maximum Gasteiger partial charge on any atom is 0.311 e. The van der Waals surface area contributed by atoms with E-state index < -0.39 is 19.3 Å². The summed E-state index contributed by atoms with van der Waals surface area (Å²) < 4.78 is 12.5. The molecule has 0 saturated heterocycles. The summed E-state index contributed by atoms with van der Waals surface area (Å²) in [6, 6.07) is 8.74. The van der Waals surface area contributed by atoms with E-state index in [-0.39, 0.29) is 11.8 Å². The molecule has 1 fully saturated rings. The Morgan fingerprint density at radius 1 is 1.20 bits per heavy atom. The van der Waals surface area contributed by atoms with Crippen LogP contribution in [0.4, 0.5) is 0 Å². The summed E-state index contributed by atoms with van der Waals surface area (Å²) in [4.78, 5) is 21.7. The van der Waals surface area contributed by atoms with Gasteiger partial charge in [0.25, 0.3) is 0 Å². The van der Waals surface area contributed by atoms with Gasteiger partial charge >= 0.3 is 5.97 Å².